The number of benzene rings is 1. The molecule has 3 nitrogen and oxygen atoms in total. The zero-order valence-electron chi connectivity index (χ0n) is 10.2. The fraction of sp³-hybridized carbons (Fsp3) is 0.143. The fourth-order valence-electron chi connectivity index (χ4n) is 1.55. The summed E-state index contributed by atoms with van der Waals surface area (Å²) in [6.45, 7) is 2.66. The molecule has 0 aliphatic rings. The summed E-state index contributed by atoms with van der Waals surface area (Å²) in [7, 11) is 0. The van der Waals surface area contributed by atoms with Gasteiger partial charge in [0.15, 0.2) is 5.11 Å². The van der Waals surface area contributed by atoms with E-state index < -0.39 is 0 Å². The first-order chi connectivity index (χ1) is 8.74. The number of pyridine rings is 1. The smallest absolute Gasteiger partial charge is 0.172 e. The Morgan fingerprint density at radius 3 is 2.61 bits per heavy atom. The molecule has 0 saturated carbocycles. The number of hydrogen-bond donors (Lipinski definition) is 2. The van der Waals surface area contributed by atoms with Gasteiger partial charge in [0.2, 0.25) is 0 Å². The average molecular weight is 257 g/mol. The molecule has 2 aromatic rings. The van der Waals surface area contributed by atoms with E-state index in [1.54, 1.807) is 0 Å². The van der Waals surface area contributed by atoms with Crippen molar-refractivity contribution in [3.05, 3.63) is 59.8 Å². The van der Waals surface area contributed by atoms with E-state index in [1.807, 2.05) is 43.3 Å². The van der Waals surface area contributed by atoms with Crippen LogP contribution < -0.4 is 10.6 Å². The summed E-state index contributed by atoms with van der Waals surface area (Å²) in [6.07, 6.45) is 0. The molecular weight excluding hydrogens is 242 g/mol. The van der Waals surface area contributed by atoms with E-state index in [-0.39, 0.29) is 0 Å². The van der Waals surface area contributed by atoms with Gasteiger partial charge < -0.3 is 10.6 Å². The third-order valence-corrected chi connectivity index (χ3v) is 2.67. The Hall–Kier alpha value is -1.94. The molecule has 0 fully saturated rings. The second-order valence-electron chi connectivity index (χ2n) is 3.96. The van der Waals surface area contributed by atoms with Crippen LogP contribution in [0.4, 0.5) is 5.82 Å². The largest absolute Gasteiger partial charge is 0.358 e. The second-order valence-corrected chi connectivity index (χ2v) is 4.37. The molecule has 1 aromatic heterocycles. The second kappa shape index (κ2) is 6.12. The lowest BCUT2D eigenvalue weighted by Crippen LogP contribution is -2.28. The lowest BCUT2D eigenvalue weighted by Gasteiger charge is -2.10. The van der Waals surface area contributed by atoms with Crippen molar-refractivity contribution in [2.24, 2.45) is 0 Å². The quantitative estimate of drug-likeness (QED) is 0.829. The summed E-state index contributed by atoms with van der Waals surface area (Å²) in [4.78, 5) is 4.33. The van der Waals surface area contributed by atoms with Crippen molar-refractivity contribution in [3.63, 3.8) is 0 Å². The fourth-order valence-corrected chi connectivity index (χ4v) is 1.73. The van der Waals surface area contributed by atoms with Gasteiger partial charge in [0.25, 0.3) is 0 Å². The van der Waals surface area contributed by atoms with Gasteiger partial charge in [-0.1, -0.05) is 36.4 Å². The summed E-state index contributed by atoms with van der Waals surface area (Å²) in [5.41, 5.74) is 2.16. The van der Waals surface area contributed by atoms with Crippen LogP contribution in [-0.2, 0) is 6.54 Å². The van der Waals surface area contributed by atoms with Crippen LogP contribution in [0, 0.1) is 6.92 Å². The van der Waals surface area contributed by atoms with Crippen molar-refractivity contribution in [3.8, 4) is 0 Å². The molecule has 0 amide bonds. The van der Waals surface area contributed by atoms with E-state index in [4.69, 9.17) is 12.2 Å². The number of anilines is 1. The Kier molecular flexibility index (Phi) is 4.25. The molecule has 18 heavy (non-hydrogen) atoms. The molecule has 0 spiro atoms. The van der Waals surface area contributed by atoms with E-state index in [0.717, 1.165) is 11.5 Å². The third kappa shape index (κ3) is 3.82. The van der Waals surface area contributed by atoms with Crippen molar-refractivity contribution in [1.82, 2.24) is 10.3 Å². The highest BCUT2D eigenvalue weighted by atomic mass is 32.1. The predicted molar refractivity (Wildman–Crippen MR) is 78.5 cm³/mol. The minimum Gasteiger partial charge on any atom is -0.358 e. The molecule has 2 N–H and O–H groups in total. The highest BCUT2D eigenvalue weighted by Crippen LogP contribution is 2.04. The summed E-state index contributed by atoms with van der Waals surface area (Å²) in [6, 6.07) is 15.9. The summed E-state index contributed by atoms with van der Waals surface area (Å²) in [5.74, 6) is 0.764. The summed E-state index contributed by atoms with van der Waals surface area (Å²) < 4.78 is 0. The van der Waals surface area contributed by atoms with Crippen LogP contribution in [0.5, 0.6) is 0 Å². The summed E-state index contributed by atoms with van der Waals surface area (Å²) >= 11 is 5.22. The Bertz CT molecular complexity index is 526. The van der Waals surface area contributed by atoms with Gasteiger partial charge in [-0.3, -0.25) is 0 Å². The van der Waals surface area contributed by atoms with Crippen LogP contribution in [0.25, 0.3) is 0 Å². The molecule has 1 aromatic carbocycles. The van der Waals surface area contributed by atoms with Crippen molar-refractivity contribution < 1.29 is 0 Å². The Morgan fingerprint density at radius 1 is 1.11 bits per heavy atom. The molecule has 2 rings (SSSR count). The first-order valence-electron chi connectivity index (χ1n) is 5.76. The number of nitrogens with one attached hydrogen (secondary N) is 2. The lowest BCUT2D eigenvalue weighted by atomic mass is 10.2. The van der Waals surface area contributed by atoms with Gasteiger partial charge in [-0.2, -0.15) is 0 Å². The third-order valence-electron chi connectivity index (χ3n) is 2.43. The van der Waals surface area contributed by atoms with Crippen molar-refractivity contribution in [2.45, 2.75) is 13.5 Å². The predicted octanol–water partition coefficient (Wildman–Crippen LogP) is 2.88. The molecule has 0 radical (unpaired) electrons. The molecule has 0 aliphatic carbocycles. The van der Waals surface area contributed by atoms with Crippen LogP contribution in [0.3, 0.4) is 0 Å². The van der Waals surface area contributed by atoms with E-state index in [2.05, 4.69) is 27.8 Å². The first-order valence-corrected chi connectivity index (χ1v) is 6.17. The number of aromatic nitrogens is 1. The molecule has 1 heterocycles. The number of rotatable bonds is 3. The van der Waals surface area contributed by atoms with E-state index in [0.29, 0.717) is 11.7 Å². The van der Waals surface area contributed by atoms with Crippen LogP contribution in [0.2, 0.25) is 0 Å². The highest BCUT2D eigenvalue weighted by molar-refractivity contribution is 7.80. The zero-order valence-corrected chi connectivity index (χ0v) is 11.0. The monoisotopic (exact) mass is 257 g/mol. The van der Waals surface area contributed by atoms with Gasteiger partial charge in [-0.15, -0.1) is 0 Å². The SMILES string of the molecule is Cc1cccc(NC(=S)NCc2ccccc2)n1. The van der Waals surface area contributed by atoms with Crippen molar-refractivity contribution >= 4 is 23.1 Å². The average Bonchev–Trinajstić information content (AvgIpc) is 2.38. The van der Waals surface area contributed by atoms with Crippen LogP contribution in [-0.4, -0.2) is 10.1 Å². The van der Waals surface area contributed by atoms with Gasteiger partial charge >= 0.3 is 0 Å². The zero-order chi connectivity index (χ0) is 12.8. The van der Waals surface area contributed by atoms with Crippen molar-refractivity contribution in [1.29, 1.82) is 0 Å². The number of thiocarbonyl (C=S) groups is 1. The summed E-state index contributed by atoms with van der Waals surface area (Å²) in [5, 5.41) is 6.79. The first kappa shape index (κ1) is 12.5. The Morgan fingerprint density at radius 2 is 1.89 bits per heavy atom. The molecule has 4 heteroatoms. The highest BCUT2D eigenvalue weighted by Gasteiger charge is 1.98. The normalized spacial score (nSPS) is 9.83. The minimum atomic E-state index is 0.581. The van der Waals surface area contributed by atoms with Gasteiger partial charge in [0.05, 0.1) is 0 Å². The maximum Gasteiger partial charge on any atom is 0.172 e. The number of hydrogen-bond acceptors (Lipinski definition) is 2. The van der Waals surface area contributed by atoms with E-state index in [9.17, 15) is 0 Å². The number of aryl methyl sites for hydroxylation is 1. The van der Waals surface area contributed by atoms with Gasteiger partial charge in [-0.25, -0.2) is 4.98 Å². The van der Waals surface area contributed by atoms with Crippen molar-refractivity contribution in [2.75, 3.05) is 5.32 Å². The Balaban J connectivity index is 1.86. The lowest BCUT2D eigenvalue weighted by molar-refractivity contribution is 0.924. The van der Waals surface area contributed by atoms with Gasteiger partial charge in [0, 0.05) is 12.2 Å². The maximum atomic E-state index is 5.22. The minimum absolute atomic E-state index is 0.581. The molecule has 0 aliphatic heterocycles. The maximum absolute atomic E-state index is 5.22. The topological polar surface area (TPSA) is 37.0 Å². The van der Waals surface area contributed by atoms with E-state index in [1.165, 1.54) is 5.56 Å². The molecule has 0 bridgehead atoms. The van der Waals surface area contributed by atoms with Gasteiger partial charge in [0.1, 0.15) is 5.82 Å². The molecule has 92 valence electrons. The molecular formula is C14H15N3S. The number of nitrogens with zero attached hydrogens (tertiary/aromatic N) is 1. The van der Waals surface area contributed by atoms with Crippen LogP contribution in [0.15, 0.2) is 48.5 Å². The van der Waals surface area contributed by atoms with Gasteiger partial charge in [-0.05, 0) is 36.8 Å². The molecule has 0 unspecified atom stereocenters. The standard InChI is InChI=1S/C14H15N3S/c1-11-6-5-9-13(16-11)17-14(18)15-10-12-7-3-2-4-8-12/h2-9H,10H2,1H3,(H2,15,16,17,18). The Labute approximate surface area is 112 Å². The van der Waals surface area contributed by atoms with Crippen LogP contribution in [0.1, 0.15) is 11.3 Å². The molecule has 0 atom stereocenters. The molecule has 0 saturated heterocycles. The van der Waals surface area contributed by atoms with Crippen LogP contribution >= 0.6 is 12.2 Å². The van der Waals surface area contributed by atoms with E-state index >= 15 is 0 Å².